The fourth-order valence-corrected chi connectivity index (χ4v) is 2.41. The summed E-state index contributed by atoms with van der Waals surface area (Å²) in [7, 11) is 1.78. The predicted octanol–water partition coefficient (Wildman–Crippen LogP) is 2.91. The van der Waals surface area contributed by atoms with Crippen LogP contribution in [0.1, 0.15) is 31.2 Å². The van der Waals surface area contributed by atoms with E-state index in [0.717, 1.165) is 36.3 Å². The molecule has 1 aliphatic carbocycles. The van der Waals surface area contributed by atoms with E-state index < -0.39 is 0 Å². The van der Waals surface area contributed by atoms with Crippen molar-refractivity contribution >= 4 is 5.69 Å². The molecule has 3 nitrogen and oxygen atoms in total. The van der Waals surface area contributed by atoms with E-state index in [2.05, 4.69) is 0 Å². The Hall–Kier alpha value is -1.22. The Kier molecular flexibility index (Phi) is 3.89. The first-order valence-corrected chi connectivity index (χ1v) is 6.24. The molecule has 1 aromatic carbocycles. The SMILES string of the molecule is COC1CCCC(Oc2ccc(N)cc2C)C1. The van der Waals surface area contributed by atoms with Crippen molar-refractivity contribution in [3.05, 3.63) is 23.8 Å². The molecule has 2 N–H and O–H groups in total. The van der Waals surface area contributed by atoms with Crippen molar-refractivity contribution in [1.29, 1.82) is 0 Å². The van der Waals surface area contributed by atoms with Gasteiger partial charge in [-0.2, -0.15) is 0 Å². The average molecular weight is 235 g/mol. The van der Waals surface area contributed by atoms with Crippen LogP contribution in [0, 0.1) is 6.92 Å². The first-order chi connectivity index (χ1) is 8.19. The molecule has 1 aliphatic rings. The predicted molar refractivity (Wildman–Crippen MR) is 69.3 cm³/mol. The van der Waals surface area contributed by atoms with E-state index in [1.165, 1.54) is 6.42 Å². The van der Waals surface area contributed by atoms with Gasteiger partial charge in [-0.25, -0.2) is 0 Å². The Morgan fingerprint density at radius 1 is 1.24 bits per heavy atom. The topological polar surface area (TPSA) is 44.5 Å². The number of anilines is 1. The maximum Gasteiger partial charge on any atom is 0.122 e. The van der Waals surface area contributed by atoms with Crippen molar-refractivity contribution in [3.8, 4) is 5.75 Å². The Morgan fingerprint density at radius 2 is 2.00 bits per heavy atom. The van der Waals surface area contributed by atoms with Gasteiger partial charge in [-0.05, 0) is 49.9 Å². The van der Waals surface area contributed by atoms with Crippen LogP contribution in [-0.2, 0) is 4.74 Å². The highest BCUT2D eigenvalue weighted by atomic mass is 16.5. The number of hydrogen-bond acceptors (Lipinski definition) is 3. The highest BCUT2D eigenvalue weighted by Crippen LogP contribution is 2.27. The molecule has 17 heavy (non-hydrogen) atoms. The second kappa shape index (κ2) is 5.41. The lowest BCUT2D eigenvalue weighted by Crippen LogP contribution is -2.29. The first-order valence-electron chi connectivity index (χ1n) is 6.24. The zero-order chi connectivity index (χ0) is 12.3. The third-order valence-electron chi connectivity index (χ3n) is 3.40. The van der Waals surface area contributed by atoms with Crippen molar-refractivity contribution in [3.63, 3.8) is 0 Å². The maximum atomic E-state index is 6.04. The molecule has 0 bridgehead atoms. The Balaban J connectivity index is 2.00. The molecule has 0 amide bonds. The van der Waals surface area contributed by atoms with E-state index in [1.54, 1.807) is 7.11 Å². The number of nitrogens with two attached hydrogens (primary N) is 1. The fourth-order valence-electron chi connectivity index (χ4n) is 2.41. The summed E-state index contributed by atoms with van der Waals surface area (Å²) in [6.07, 6.45) is 5.05. The van der Waals surface area contributed by atoms with Crippen molar-refractivity contribution in [2.24, 2.45) is 0 Å². The Labute approximate surface area is 103 Å². The third-order valence-corrected chi connectivity index (χ3v) is 3.40. The molecule has 2 unspecified atom stereocenters. The lowest BCUT2D eigenvalue weighted by Gasteiger charge is -2.29. The molecule has 94 valence electrons. The van der Waals surface area contributed by atoms with Gasteiger partial charge in [0, 0.05) is 19.2 Å². The van der Waals surface area contributed by atoms with Crippen LogP contribution in [0.2, 0.25) is 0 Å². The molecule has 0 heterocycles. The number of nitrogen functional groups attached to an aromatic ring is 1. The van der Waals surface area contributed by atoms with Gasteiger partial charge in [0.15, 0.2) is 0 Å². The maximum absolute atomic E-state index is 6.04. The third kappa shape index (κ3) is 3.13. The van der Waals surface area contributed by atoms with Crippen molar-refractivity contribution in [1.82, 2.24) is 0 Å². The fraction of sp³-hybridized carbons (Fsp3) is 0.571. The number of hydrogen-bond donors (Lipinski definition) is 1. The van der Waals surface area contributed by atoms with Gasteiger partial charge < -0.3 is 15.2 Å². The lowest BCUT2D eigenvalue weighted by molar-refractivity contribution is 0.0207. The molecule has 2 atom stereocenters. The normalized spacial score (nSPS) is 24.6. The highest BCUT2D eigenvalue weighted by Gasteiger charge is 2.23. The molecule has 0 aromatic heterocycles. The molecule has 0 radical (unpaired) electrons. The van der Waals surface area contributed by atoms with Crippen LogP contribution in [0.3, 0.4) is 0 Å². The minimum absolute atomic E-state index is 0.274. The molecule has 1 fully saturated rings. The Morgan fingerprint density at radius 3 is 2.71 bits per heavy atom. The van der Waals surface area contributed by atoms with Gasteiger partial charge in [0.2, 0.25) is 0 Å². The average Bonchev–Trinajstić information content (AvgIpc) is 2.33. The van der Waals surface area contributed by atoms with Crippen LogP contribution in [0.25, 0.3) is 0 Å². The second-order valence-electron chi connectivity index (χ2n) is 4.79. The largest absolute Gasteiger partial charge is 0.490 e. The van der Waals surface area contributed by atoms with E-state index in [1.807, 2.05) is 25.1 Å². The highest BCUT2D eigenvalue weighted by molar-refractivity contribution is 5.47. The van der Waals surface area contributed by atoms with Gasteiger partial charge in [0.1, 0.15) is 11.9 Å². The minimum Gasteiger partial charge on any atom is -0.490 e. The van der Waals surface area contributed by atoms with Crippen molar-refractivity contribution in [2.45, 2.75) is 44.8 Å². The van der Waals surface area contributed by atoms with Crippen LogP contribution in [-0.4, -0.2) is 19.3 Å². The van der Waals surface area contributed by atoms with E-state index in [4.69, 9.17) is 15.2 Å². The standard InChI is InChI=1S/C14H21NO2/c1-10-8-11(15)6-7-14(10)17-13-5-3-4-12(9-13)16-2/h6-8,12-13H,3-5,9,15H2,1-2H3. The van der Waals surface area contributed by atoms with E-state index >= 15 is 0 Å². The van der Waals surface area contributed by atoms with Gasteiger partial charge in [0.25, 0.3) is 0 Å². The van der Waals surface area contributed by atoms with E-state index in [9.17, 15) is 0 Å². The molecule has 0 aliphatic heterocycles. The zero-order valence-corrected chi connectivity index (χ0v) is 10.6. The summed E-state index contributed by atoms with van der Waals surface area (Å²) in [5, 5.41) is 0. The summed E-state index contributed by atoms with van der Waals surface area (Å²) in [6, 6.07) is 5.80. The monoisotopic (exact) mass is 235 g/mol. The summed E-state index contributed by atoms with van der Waals surface area (Å²) in [6.45, 7) is 2.03. The van der Waals surface area contributed by atoms with Crippen LogP contribution in [0.4, 0.5) is 5.69 Å². The van der Waals surface area contributed by atoms with Crippen molar-refractivity contribution in [2.75, 3.05) is 12.8 Å². The second-order valence-corrected chi connectivity index (χ2v) is 4.79. The molecular formula is C14H21NO2. The summed E-state index contributed by atoms with van der Waals surface area (Å²) in [5.41, 5.74) is 7.62. The van der Waals surface area contributed by atoms with Crippen LogP contribution in [0.5, 0.6) is 5.75 Å². The van der Waals surface area contributed by atoms with Crippen LogP contribution >= 0.6 is 0 Å². The van der Waals surface area contributed by atoms with Crippen LogP contribution < -0.4 is 10.5 Å². The van der Waals surface area contributed by atoms with Gasteiger partial charge in [-0.15, -0.1) is 0 Å². The van der Waals surface area contributed by atoms with Crippen LogP contribution in [0.15, 0.2) is 18.2 Å². The summed E-state index contributed by atoms with van der Waals surface area (Å²) in [5.74, 6) is 0.945. The number of aryl methyl sites for hydroxylation is 1. The molecule has 1 saturated carbocycles. The smallest absolute Gasteiger partial charge is 0.122 e. The summed E-state index contributed by atoms with van der Waals surface area (Å²) in [4.78, 5) is 0. The number of benzene rings is 1. The Bertz CT molecular complexity index is 378. The zero-order valence-electron chi connectivity index (χ0n) is 10.6. The van der Waals surface area contributed by atoms with Gasteiger partial charge in [-0.3, -0.25) is 0 Å². The quantitative estimate of drug-likeness (QED) is 0.819. The van der Waals surface area contributed by atoms with Gasteiger partial charge in [0.05, 0.1) is 6.10 Å². The molecule has 0 spiro atoms. The van der Waals surface area contributed by atoms with Gasteiger partial charge >= 0.3 is 0 Å². The molecular weight excluding hydrogens is 214 g/mol. The van der Waals surface area contributed by atoms with E-state index in [0.29, 0.717) is 6.10 Å². The molecule has 0 saturated heterocycles. The summed E-state index contributed by atoms with van der Waals surface area (Å²) < 4.78 is 11.4. The van der Waals surface area contributed by atoms with E-state index in [-0.39, 0.29) is 6.10 Å². The lowest BCUT2D eigenvalue weighted by atomic mass is 9.95. The minimum atomic E-state index is 0.274. The number of ether oxygens (including phenoxy) is 2. The van der Waals surface area contributed by atoms with Gasteiger partial charge in [-0.1, -0.05) is 0 Å². The number of rotatable bonds is 3. The molecule has 2 rings (SSSR count). The van der Waals surface area contributed by atoms with Crippen molar-refractivity contribution < 1.29 is 9.47 Å². The number of methoxy groups -OCH3 is 1. The summed E-state index contributed by atoms with van der Waals surface area (Å²) >= 11 is 0. The first kappa shape index (κ1) is 12.2. The molecule has 1 aromatic rings. The molecule has 3 heteroatoms.